The number of rotatable bonds is 7. The number of ether oxygens (including phenoxy) is 1. The Bertz CT molecular complexity index is 1400. The number of anilines is 2. The standard InChI is InChI=1S/C28H23N3O6/c32-24(29-22-11-3-4-12-23(22)30-14-6-13-25(30)33)17-37-28(36)19-8-5-7-18(15-19)16-31-26(34)20-9-1-2-10-21(20)27(31)35/h1-5,7-12,15H,6,13-14,16-17H2,(H,29,32). The average molecular weight is 498 g/mol. The monoisotopic (exact) mass is 497 g/mol. The van der Waals surface area contributed by atoms with E-state index in [1.807, 2.05) is 0 Å². The maximum atomic E-state index is 12.6. The zero-order valence-corrected chi connectivity index (χ0v) is 19.8. The highest BCUT2D eigenvalue weighted by molar-refractivity contribution is 6.21. The van der Waals surface area contributed by atoms with Crippen molar-refractivity contribution in [3.8, 4) is 0 Å². The lowest BCUT2D eigenvalue weighted by Crippen LogP contribution is -2.29. The van der Waals surface area contributed by atoms with E-state index in [9.17, 15) is 24.0 Å². The number of nitrogens with zero attached hydrogens (tertiary/aromatic N) is 2. The number of imide groups is 1. The summed E-state index contributed by atoms with van der Waals surface area (Å²) in [6, 6.07) is 19.9. The summed E-state index contributed by atoms with van der Waals surface area (Å²) in [5.41, 5.74) is 2.52. The normalized spacial score (nSPS) is 14.6. The molecular formula is C28H23N3O6. The van der Waals surface area contributed by atoms with E-state index in [0.717, 1.165) is 11.3 Å². The van der Waals surface area contributed by atoms with Crippen molar-refractivity contribution in [1.29, 1.82) is 0 Å². The van der Waals surface area contributed by atoms with Gasteiger partial charge in [-0.1, -0.05) is 36.4 Å². The molecule has 186 valence electrons. The summed E-state index contributed by atoms with van der Waals surface area (Å²) < 4.78 is 5.19. The number of hydrogen-bond acceptors (Lipinski definition) is 6. The third-order valence-corrected chi connectivity index (χ3v) is 6.26. The van der Waals surface area contributed by atoms with Gasteiger partial charge in [-0.05, 0) is 48.4 Å². The Morgan fingerprint density at radius 2 is 1.57 bits per heavy atom. The van der Waals surface area contributed by atoms with Crippen LogP contribution in [0, 0.1) is 0 Å². The minimum Gasteiger partial charge on any atom is -0.452 e. The molecule has 4 amide bonds. The number of amides is 4. The first-order valence-electron chi connectivity index (χ1n) is 11.8. The highest BCUT2D eigenvalue weighted by atomic mass is 16.5. The Kier molecular flexibility index (Phi) is 6.51. The van der Waals surface area contributed by atoms with Gasteiger partial charge in [-0.15, -0.1) is 0 Å². The van der Waals surface area contributed by atoms with Gasteiger partial charge in [0.15, 0.2) is 6.61 Å². The van der Waals surface area contributed by atoms with Gasteiger partial charge in [0.25, 0.3) is 17.7 Å². The molecule has 0 radical (unpaired) electrons. The molecule has 0 unspecified atom stereocenters. The van der Waals surface area contributed by atoms with Crippen molar-refractivity contribution in [1.82, 2.24) is 4.90 Å². The van der Waals surface area contributed by atoms with Crippen LogP contribution < -0.4 is 10.2 Å². The van der Waals surface area contributed by atoms with E-state index < -0.39 is 18.5 Å². The number of para-hydroxylation sites is 2. The molecule has 1 N–H and O–H groups in total. The average Bonchev–Trinajstić information content (AvgIpc) is 3.44. The summed E-state index contributed by atoms with van der Waals surface area (Å²) in [4.78, 5) is 65.3. The van der Waals surface area contributed by atoms with Crippen molar-refractivity contribution in [3.63, 3.8) is 0 Å². The molecule has 3 aromatic carbocycles. The molecule has 0 spiro atoms. The second-order valence-electron chi connectivity index (χ2n) is 8.73. The zero-order valence-electron chi connectivity index (χ0n) is 19.8. The van der Waals surface area contributed by atoms with Gasteiger partial charge in [0.05, 0.1) is 34.6 Å². The molecule has 0 aromatic heterocycles. The highest BCUT2D eigenvalue weighted by Gasteiger charge is 2.35. The molecule has 0 aliphatic carbocycles. The topological polar surface area (TPSA) is 113 Å². The molecular weight excluding hydrogens is 474 g/mol. The quantitative estimate of drug-likeness (QED) is 0.395. The second-order valence-corrected chi connectivity index (χ2v) is 8.73. The highest BCUT2D eigenvalue weighted by Crippen LogP contribution is 2.29. The predicted molar refractivity (Wildman–Crippen MR) is 134 cm³/mol. The fraction of sp³-hybridized carbons (Fsp3) is 0.179. The molecule has 37 heavy (non-hydrogen) atoms. The van der Waals surface area contributed by atoms with Gasteiger partial charge in [-0.2, -0.15) is 0 Å². The van der Waals surface area contributed by atoms with Gasteiger partial charge in [0, 0.05) is 13.0 Å². The number of nitrogens with one attached hydrogen (secondary N) is 1. The number of fused-ring (bicyclic) bond motifs is 1. The Morgan fingerprint density at radius 1 is 0.865 bits per heavy atom. The van der Waals surface area contributed by atoms with Gasteiger partial charge >= 0.3 is 5.97 Å². The maximum Gasteiger partial charge on any atom is 0.338 e. The number of hydrogen-bond donors (Lipinski definition) is 1. The maximum absolute atomic E-state index is 12.6. The molecule has 0 bridgehead atoms. The van der Waals surface area contributed by atoms with Crippen molar-refractivity contribution in [2.75, 3.05) is 23.4 Å². The van der Waals surface area contributed by atoms with Crippen LogP contribution in [0.2, 0.25) is 0 Å². The molecule has 1 fully saturated rings. The van der Waals surface area contributed by atoms with Crippen molar-refractivity contribution in [2.24, 2.45) is 0 Å². The van der Waals surface area contributed by atoms with Crippen LogP contribution in [0.1, 0.15) is 49.5 Å². The van der Waals surface area contributed by atoms with E-state index in [1.165, 1.54) is 12.1 Å². The van der Waals surface area contributed by atoms with Crippen molar-refractivity contribution >= 4 is 41.0 Å². The van der Waals surface area contributed by atoms with E-state index in [0.29, 0.717) is 41.0 Å². The summed E-state index contributed by atoms with van der Waals surface area (Å²) in [6.45, 7) is 0.0570. The van der Waals surface area contributed by atoms with Gasteiger partial charge in [0.1, 0.15) is 0 Å². The zero-order chi connectivity index (χ0) is 25.9. The minimum atomic E-state index is -0.720. The van der Waals surface area contributed by atoms with Gasteiger partial charge in [-0.3, -0.25) is 24.1 Å². The molecule has 0 saturated carbocycles. The number of benzene rings is 3. The summed E-state index contributed by atoms with van der Waals surface area (Å²) in [5.74, 6) is -2.05. The van der Waals surface area contributed by atoms with Crippen LogP contribution in [-0.4, -0.2) is 47.6 Å². The number of carbonyl (C=O) groups excluding carboxylic acids is 5. The smallest absolute Gasteiger partial charge is 0.338 e. The van der Waals surface area contributed by atoms with E-state index in [2.05, 4.69) is 5.32 Å². The fourth-order valence-electron chi connectivity index (χ4n) is 4.48. The van der Waals surface area contributed by atoms with Gasteiger partial charge < -0.3 is 15.0 Å². The lowest BCUT2D eigenvalue weighted by molar-refractivity contribution is -0.119. The Labute approximate surface area is 212 Å². The summed E-state index contributed by atoms with van der Waals surface area (Å²) >= 11 is 0. The first-order valence-corrected chi connectivity index (χ1v) is 11.8. The van der Waals surface area contributed by atoms with E-state index in [-0.39, 0.29) is 29.8 Å². The van der Waals surface area contributed by atoms with Crippen molar-refractivity contribution in [3.05, 3.63) is 95.1 Å². The molecule has 9 nitrogen and oxygen atoms in total. The van der Waals surface area contributed by atoms with Crippen LogP contribution in [0.4, 0.5) is 11.4 Å². The molecule has 0 atom stereocenters. The third-order valence-electron chi connectivity index (χ3n) is 6.26. The van der Waals surface area contributed by atoms with Crippen LogP contribution in [0.25, 0.3) is 0 Å². The molecule has 2 aliphatic heterocycles. The molecule has 1 saturated heterocycles. The molecule has 3 aromatic rings. The summed E-state index contributed by atoms with van der Waals surface area (Å²) in [6.07, 6.45) is 1.22. The fourth-order valence-corrected chi connectivity index (χ4v) is 4.48. The first-order chi connectivity index (χ1) is 17.9. The first kappa shape index (κ1) is 23.9. The predicted octanol–water partition coefficient (Wildman–Crippen LogP) is 3.41. The van der Waals surface area contributed by atoms with Gasteiger partial charge in [0.2, 0.25) is 5.91 Å². The SMILES string of the molecule is O=C(COC(=O)c1cccc(CN2C(=O)c3ccccc3C2=O)c1)Nc1ccccc1N1CCCC1=O. The van der Waals surface area contributed by atoms with Gasteiger partial charge in [-0.25, -0.2) is 4.79 Å². The van der Waals surface area contributed by atoms with E-state index >= 15 is 0 Å². The molecule has 2 heterocycles. The van der Waals surface area contributed by atoms with Crippen LogP contribution in [0.3, 0.4) is 0 Å². The molecule has 2 aliphatic rings. The van der Waals surface area contributed by atoms with Crippen molar-refractivity contribution in [2.45, 2.75) is 19.4 Å². The Hall–Kier alpha value is -4.79. The Balaban J connectivity index is 1.20. The van der Waals surface area contributed by atoms with Crippen LogP contribution >= 0.6 is 0 Å². The third kappa shape index (κ3) is 4.84. The Morgan fingerprint density at radius 3 is 2.27 bits per heavy atom. The molecule has 5 rings (SSSR count). The lowest BCUT2D eigenvalue weighted by Gasteiger charge is -2.20. The van der Waals surface area contributed by atoms with Crippen molar-refractivity contribution < 1.29 is 28.7 Å². The second kappa shape index (κ2) is 10.1. The summed E-state index contributed by atoms with van der Waals surface area (Å²) in [7, 11) is 0. The number of carbonyl (C=O) groups is 5. The lowest BCUT2D eigenvalue weighted by atomic mass is 10.1. The van der Waals surface area contributed by atoms with E-state index in [4.69, 9.17) is 4.74 Å². The van der Waals surface area contributed by atoms with Crippen LogP contribution in [0.15, 0.2) is 72.8 Å². The molecule has 9 heteroatoms. The minimum absolute atomic E-state index is 0.0000426. The van der Waals surface area contributed by atoms with Crippen LogP contribution in [0.5, 0.6) is 0 Å². The number of esters is 1. The largest absolute Gasteiger partial charge is 0.452 e. The van der Waals surface area contributed by atoms with Crippen LogP contribution in [-0.2, 0) is 20.9 Å². The van der Waals surface area contributed by atoms with E-state index in [1.54, 1.807) is 65.6 Å². The summed E-state index contributed by atoms with van der Waals surface area (Å²) in [5, 5.41) is 2.70.